The first-order chi connectivity index (χ1) is 13.1. The lowest BCUT2D eigenvalue weighted by Crippen LogP contribution is -2.08. The fraction of sp³-hybridized carbons (Fsp3) is 0.150. The standard InChI is InChI=1S/C13H11N3O.C7H10N2O/c1-16-13(7-11(8-17)15-16)10-2-3-12-9(6-10)4-5-14-12;1-8-4-6-2-3-7(10)9-5-6/h2-8,14H,1H3;2-3,5,8H,4H2,1H3,(H,9,10). The van der Waals surface area contributed by atoms with Crippen molar-refractivity contribution in [2.75, 3.05) is 7.05 Å². The zero-order valence-corrected chi connectivity index (χ0v) is 15.2. The molecule has 0 atom stereocenters. The van der Waals surface area contributed by atoms with Crippen molar-refractivity contribution in [3.05, 3.63) is 76.5 Å². The van der Waals surface area contributed by atoms with Crippen molar-refractivity contribution in [3.8, 4) is 11.3 Å². The zero-order chi connectivity index (χ0) is 19.2. The number of carbonyl (C=O) groups is 1. The van der Waals surface area contributed by atoms with E-state index in [-0.39, 0.29) is 5.56 Å². The predicted octanol–water partition coefficient (Wildman–Crippen LogP) is 2.48. The molecular weight excluding hydrogens is 342 g/mol. The minimum Gasteiger partial charge on any atom is -0.361 e. The number of hydrogen-bond donors (Lipinski definition) is 3. The van der Waals surface area contributed by atoms with Crippen LogP contribution < -0.4 is 10.9 Å². The number of hydrogen-bond acceptors (Lipinski definition) is 4. The fourth-order valence-electron chi connectivity index (χ4n) is 2.79. The predicted molar refractivity (Wildman–Crippen MR) is 106 cm³/mol. The number of rotatable bonds is 4. The number of benzene rings is 1. The van der Waals surface area contributed by atoms with Crippen LogP contribution >= 0.6 is 0 Å². The van der Waals surface area contributed by atoms with Crippen molar-refractivity contribution in [2.24, 2.45) is 7.05 Å². The maximum atomic E-state index is 10.7. The first-order valence-electron chi connectivity index (χ1n) is 8.49. The van der Waals surface area contributed by atoms with Crippen LogP contribution in [0.2, 0.25) is 0 Å². The minimum atomic E-state index is -0.0557. The van der Waals surface area contributed by atoms with Gasteiger partial charge in [0.05, 0.1) is 5.69 Å². The van der Waals surface area contributed by atoms with E-state index in [9.17, 15) is 9.59 Å². The molecule has 0 aliphatic heterocycles. The summed E-state index contributed by atoms with van der Waals surface area (Å²) in [4.78, 5) is 27.0. The van der Waals surface area contributed by atoms with Crippen LogP contribution in [0.1, 0.15) is 16.1 Å². The number of nitrogens with one attached hydrogen (secondary N) is 3. The largest absolute Gasteiger partial charge is 0.361 e. The number of pyridine rings is 1. The molecule has 138 valence electrons. The van der Waals surface area contributed by atoms with Crippen LogP contribution in [0.5, 0.6) is 0 Å². The van der Waals surface area contributed by atoms with Crippen molar-refractivity contribution < 1.29 is 4.79 Å². The van der Waals surface area contributed by atoms with Crippen molar-refractivity contribution in [1.82, 2.24) is 25.1 Å². The van der Waals surface area contributed by atoms with E-state index in [1.807, 2.05) is 38.5 Å². The Morgan fingerprint density at radius 2 is 2.00 bits per heavy atom. The van der Waals surface area contributed by atoms with Gasteiger partial charge in [-0.1, -0.05) is 12.1 Å². The first-order valence-corrected chi connectivity index (χ1v) is 8.49. The summed E-state index contributed by atoms with van der Waals surface area (Å²) in [7, 11) is 3.70. The molecule has 3 N–H and O–H groups in total. The van der Waals surface area contributed by atoms with Crippen LogP contribution in [-0.4, -0.2) is 33.1 Å². The molecule has 0 unspecified atom stereocenters. The second-order valence-electron chi connectivity index (χ2n) is 6.07. The van der Waals surface area contributed by atoms with Gasteiger partial charge >= 0.3 is 0 Å². The van der Waals surface area contributed by atoms with E-state index < -0.39 is 0 Å². The number of fused-ring (bicyclic) bond motifs is 1. The Morgan fingerprint density at radius 3 is 2.67 bits per heavy atom. The zero-order valence-electron chi connectivity index (χ0n) is 15.2. The van der Waals surface area contributed by atoms with Gasteiger partial charge < -0.3 is 15.3 Å². The highest BCUT2D eigenvalue weighted by Crippen LogP contribution is 2.23. The molecular formula is C20H21N5O2. The molecule has 0 fully saturated rings. The molecule has 0 aliphatic carbocycles. The SMILES string of the molecule is CNCc1ccc(=O)[nH]c1.Cn1nc(C=O)cc1-c1ccc2[nH]ccc2c1. The Balaban J connectivity index is 0.000000180. The van der Waals surface area contributed by atoms with Crippen molar-refractivity contribution in [1.29, 1.82) is 0 Å². The van der Waals surface area contributed by atoms with E-state index in [0.29, 0.717) is 5.69 Å². The van der Waals surface area contributed by atoms with Gasteiger partial charge in [-0.3, -0.25) is 14.3 Å². The van der Waals surface area contributed by atoms with E-state index in [2.05, 4.69) is 26.4 Å². The summed E-state index contributed by atoms with van der Waals surface area (Å²) in [5, 5.41) is 8.24. The second-order valence-corrected chi connectivity index (χ2v) is 6.07. The van der Waals surface area contributed by atoms with Crippen LogP contribution in [0.4, 0.5) is 0 Å². The van der Waals surface area contributed by atoms with E-state index in [4.69, 9.17) is 0 Å². The molecule has 0 spiro atoms. The van der Waals surface area contributed by atoms with E-state index in [0.717, 1.165) is 40.6 Å². The minimum absolute atomic E-state index is 0.0557. The lowest BCUT2D eigenvalue weighted by atomic mass is 10.1. The second kappa shape index (κ2) is 8.29. The van der Waals surface area contributed by atoms with Crippen LogP contribution in [0.3, 0.4) is 0 Å². The Morgan fingerprint density at radius 1 is 1.15 bits per heavy atom. The highest BCUT2D eigenvalue weighted by Gasteiger charge is 2.07. The molecule has 27 heavy (non-hydrogen) atoms. The van der Waals surface area contributed by atoms with Crippen molar-refractivity contribution >= 4 is 17.2 Å². The van der Waals surface area contributed by atoms with Gasteiger partial charge in [0, 0.05) is 48.5 Å². The maximum Gasteiger partial charge on any atom is 0.247 e. The molecule has 3 aromatic heterocycles. The maximum absolute atomic E-state index is 10.7. The number of aromatic amines is 2. The number of aryl methyl sites for hydroxylation is 1. The molecule has 0 saturated carbocycles. The molecule has 0 amide bonds. The Kier molecular flexibility index (Phi) is 5.63. The Labute approximate surface area is 156 Å². The quantitative estimate of drug-likeness (QED) is 0.485. The molecule has 0 saturated heterocycles. The van der Waals surface area contributed by atoms with Crippen LogP contribution in [0.15, 0.2) is 59.7 Å². The number of H-pyrrole nitrogens is 2. The lowest BCUT2D eigenvalue weighted by Gasteiger charge is -2.01. The van der Waals surface area contributed by atoms with Gasteiger partial charge in [0.2, 0.25) is 5.56 Å². The summed E-state index contributed by atoms with van der Waals surface area (Å²) in [6.45, 7) is 0.788. The van der Waals surface area contributed by atoms with Crippen LogP contribution in [0, 0.1) is 0 Å². The van der Waals surface area contributed by atoms with Gasteiger partial charge in [0.25, 0.3) is 0 Å². The van der Waals surface area contributed by atoms with E-state index >= 15 is 0 Å². The van der Waals surface area contributed by atoms with Gasteiger partial charge in [-0.25, -0.2) is 0 Å². The number of nitrogens with zero attached hydrogens (tertiary/aromatic N) is 2. The van der Waals surface area contributed by atoms with E-state index in [1.165, 1.54) is 6.07 Å². The smallest absolute Gasteiger partial charge is 0.247 e. The van der Waals surface area contributed by atoms with Crippen LogP contribution in [0.25, 0.3) is 22.2 Å². The third kappa shape index (κ3) is 4.39. The molecule has 0 bridgehead atoms. The molecule has 3 heterocycles. The fourth-order valence-corrected chi connectivity index (χ4v) is 2.79. The van der Waals surface area contributed by atoms with Gasteiger partial charge in [0.1, 0.15) is 5.69 Å². The Hall–Kier alpha value is -3.45. The summed E-state index contributed by atoms with van der Waals surface area (Å²) in [6.07, 6.45) is 4.38. The average molecular weight is 363 g/mol. The molecule has 4 rings (SSSR count). The third-order valence-electron chi connectivity index (χ3n) is 4.10. The molecule has 4 aromatic rings. The monoisotopic (exact) mass is 363 g/mol. The van der Waals surface area contributed by atoms with Gasteiger partial charge in [0.15, 0.2) is 6.29 Å². The molecule has 7 heteroatoms. The molecule has 0 aliphatic rings. The van der Waals surface area contributed by atoms with E-state index in [1.54, 1.807) is 23.0 Å². The molecule has 0 radical (unpaired) electrons. The number of carbonyl (C=O) groups excluding carboxylic acids is 1. The Bertz CT molecular complexity index is 1090. The lowest BCUT2D eigenvalue weighted by molar-refractivity contribution is 0.111. The summed E-state index contributed by atoms with van der Waals surface area (Å²) in [6, 6.07) is 13.3. The summed E-state index contributed by atoms with van der Waals surface area (Å²) in [5.74, 6) is 0. The molecule has 7 nitrogen and oxygen atoms in total. The van der Waals surface area contributed by atoms with Crippen molar-refractivity contribution in [3.63, 3.8) is 0 Å². The summed E-state index contributed by atoms with van der Waals surface area (Å²) in [5.41, 5.74) is 4.58. The highest BCUT2D eigenvalue weighted by molar-refractivity contribution is 5.85. The number of aromatic nitrogens is 4. The third-order valence-corrected chi connectivity index (χ3v) is 4.10. The highest BCUT2D eigenvalue weighted by atomic mass is 16.1. The van der Waals surface area contributed by atoms with Crippen LogP contribution in [-0.2, 0) is 13.6 Å². The van der Waals surface area contributed by atoms with Gasteiger partial charge in [-0.2, -0.15) is 5.10 Å². The molecule has 1 aromatic carbocycles. The normalized spacial score (nSPS) is 10.4. The van der Waals surface area contributed by atoms with Gasteiger partial charge in [-0.05, 0) is 36.9 Å². The average Bonchev–Trinajstić information content (AvgIpc) is 3.29. The van der Waals surface area contributed by atoms with Crippen molar-refractivity contribution in [2.45, 2.75) is 6.54 Å². The van der Waals surface area contributed by atoms with Gasteiger partial charge in [-0.15, -0.1) is 0 Å². The summed E-state index contributed by atoms with van der Waals surface area (Å²) < 4.78 is 1.72. The topological polar surface area (TPSA) is 95.6 Å². The first kappa shape index (κ1) is 18.3. The summed E-state index contributed by atoms with van der Waals surface area (Å²) >= 11 is 0. The number of aldehydes is 1.